The van der Waals surface area contributed by atoms with Crippen molar-refractivity contribution in [3.8, 4) is 22.5 Å². The number of rotatable bonds is 5. The van der Waals surface area contributed by atoms with Crippen LogP contribution in [0.4, 0.5) is 0 Å². The van der Waals surface area contributed by atoms with Crippen molar-refractivity contribution in [2.75, 3.05) is 6.61 Å². The van der Waals surface area contributed by atoms with Crippen LogP contribution >= 0.6 is 11.6 Å². The van der Waals surface area contributed by atoms with Gasteiger partial charge in [0.2, 0.25) is 0 Å². The maximum absolute atomic E-state index is 12.3. The summed E-state index contributed by atoms with van der Waals surface area (Å²) in [5.41, 5.74) is 3.39. The summed E-state index contributed by atoms with van der Waals surface area (Å²) in [7, 11) is 0. The van der Waals surface area contributed by atoms with Gasteiger partial charge in [0, 0.05) is 11.1 Å². The van der Waals surface area contributed by atoms with E-state index in [1.165, 1.54) is 4.68 Å². The number of fused-ring (bicyclic) bond motifs is 1. The molecule has 2 aromatic carbocycles. The number of ether oxygens (including phenoxy) is 1. The van der Waals surface area contributed by atoms with E-state index in [0.29, 0.717) is 34.1 Å². The number of halogens is 1. The molecule has 0 spiro atoms. The first-order valence-corrected chi connectivity index (χ1v) is 9.71. The van der Waals surface area contributed by atoms with E-state index < -0.39 is 6.04 Å². The van der Waals surface area contributed by atoms with Gasteiger partial charge in [-0.1, -0.05) is 72.3 Å². The number of hydrogen-bond donors (Lipinski definition) is 0. The molecular weight excluding hydrogens is 388 g/mol. The highest BCUT2D eigenvalue weighted by Gasteiger charge is 2.26. The quantitative estimate of drug-likeness (QED) is 0.439. The molecule has 0 bridgehead atoms. The highest BCUT2D eigenvalue weighted by molar-refractivity contribution is 6.38. The molecule has 1 unspecified atom stereocenters. The molecule has 0 amide bonds. The largest absolute Gasteiger partial charge is 0.464 e. The lowest BCUT2D eigenvalue weighted by Gasteiger charge is -2.11. The molecular formula is C22H19ClN4O2. The van der Waals surface area contributed by atoms with Gasteiger partial charge in [0.1, 0.15) is 17.4 Å². The van der Waals surface area contributed by atoms with Gasteiger partial charge in [0.25, 0.3) is 0 Å². The minimum absolute atomic E-state index is 0.290. The van der Waals surface area contributed by atoms with Crippen LogP contribution < -0.4 is 0 Å². The Balaban J connectivity index is 1.98. The predicted molar refractivity (Wildman–Crippen MR) is 113 cm³/mol. The van der Waals surface area contributed by atoms with Crippen LogP contribution in [0.5, 0.6) is 0 Å². The van der Waals surface area contributed by atoms with Gasteiger partial charge in [-0.2, -0.15) is 5.10 Å². The molecule has 0 aliphatic carbocycles. The third-order valence-corrected chi connectivity index (χ3v) is 5.01. The first kappa shape index (κ1) is 19.1. The minimum Gasteiger partial charge on any atom is -0.464 e. The zero-order valence-corrected chi connectivity index (χ0v) is 16.8. The molecule has 0 aliphatic rings. The van der Waals surface area contributed by atoms with E-state index in [4.69, 9.17) is 16.3 Å². The van der Waals surface area contributed by atoms with Gasteiger partial charge in [-0.05, 0) is 13.8 Å². The van der Waals surface area contributed by atoms with Crippen LogP contribution in [0.1, 0.15) is 19.9 Å². The number of benzene rings is 2. The fourth-order valence-electron chi connectivity index (χ4n) is 3.19. The summed E-state index contributed by atoms with van der Waals surface area (Å²) < 4.78 is 6.70. The van der Waals surface area contributed by atoms with E-state index in [-0.39, 0.29) is 5.97 Å². The number of hydrogen-bond acceptors (Lipinski definition) is 5. The average Bonchev–Trinajstić information content (AvgIpc) is 3.15. The normalized spacial score (nSPS) is 12.1. The van der Waals surface area contributed by atoms with Crippen LogP contribution in [0.15, 0.2) is 60.7 Å². The van der Waals surface area contributed by atoms with Crippen molar-refractivity contribution in [2.45, 2.75) is 19.9 Å². The van der Waals surface area contributed by atoms with E-state index in [2.05, 4.69) is 15.3 Å². The Hall–Kier alpha value is -3.25. The third kappa shape index (κ3) is 3.47. The summed E-state index contributed by atoms with van der Waals surface area (Å²) in [5, 5.41) is 14.5. The molecule has 2 aromatic heterocycles. The van der Waals surface area contributed by atoms with Crippen molar-refractivity contribution in [3.63, 3.8) is 0 Å². The molecule has 7 heteroatoms. The zero-order chi connectivity index (χ0) is 20.4. The minimum atomic E-state index is -0.664. The second-order valence-electron chi connectivity index (χ2n) is 6.51. The molecule has 0 fully saturated rings. The molecule has 0 saturated heterocycles. The van der Waals surface area contributed by atoms with Gasteiger partial charge in [0.15, 0.2) is 5.65 Å². The first-order chi connectivity index (χ1) is 14.1. The van der Waals surface area contributed by atoms with E-state index >= 15 is 0 Å². The Morgan fingerprint density at radius 1 is 1.00 bits per heavy atom. The molecule has 29 heavy (non-hydrogen) atoms. The summed E-state index contributed by atoms with van der Waals surface area (Å²) in [6.07, 6.45) is 0. The Kier molecular flexibility index (Phi) is 5.27. The van der Waals surface area contributed by atoms with Gasteiger partial charge in [-0.3, -0.25) is 0 Å². The van der Waals surface area contributed by atoms with Crippen LogP contribution in [-0.2, 0) is 9.53 Å². The van der Waals surface area contributed by atoms with Crippen molar-refractivity contribution in [3.05, 3.63) is 65.7 Å². The van der Waals surface area contributed by atoms with Gasteiger partial charge < -0.3 is 4.74 Å². The molecule has 0 saturated carbocycles. The first-order valence-electron chi connectivity index (χ1n) is 9.33. The van der Waals surface area contributed by atoms with Gasteiger partial charge in [-0.25, -0.2) is 9.48 Å². The molecule has 0 N–H and O–H groups in total. The highest BCUT2D eigenvalue weighted by Crippen LogP contribution is 2.38. The molecule has 4 aromatic rings. The number of carbonyl (C=O) groups is 1. The van der Waals surface area contributed by atoms with Crippen LogP contribution in [0, 0.1) is 0 Å². The summed E-state index contributed by atoms with van der Waals surface area (Å²) in [6.45, 7) is 3.78. The SMILES string of the molecule is CCOC(=O)C(C)n1nc(-c2ccccc2)c2c(Cl)c(-c3ccccc3)nnc21. The van der Waals surface area contributed by atoms with Crippen molar-refractivity contribution in [2.24, 2.45) is 0 Å². The van der Waals surface area contributed by atoms with Gasteiger partial charge in [-0.15, -0.1) is 10.2 Å². The highest BCUT2D eigenvalue weighted by atomic mass is 35.5. The van der Waals surface area contributed by atoms with Gasteiger partial charge in [0.05, 0.1) is 17.0 Å². The van der Waals surface area contributed by atoms with Crippen LogP contribution in [0.25, 0.3) is 33.5 Å². The van der Waals surface area contributed by atoms with Crippen LogP contribution in [0.3, 0.4) is 0 Å². The van der Waals surface area contributed by atoms with Gasteiger partial charge >= 0.3 is 5.97 Å². The molecule has 4 rings (SSSR count). The Morgan fingerprint density at radius 3 is 2.17 bits per heavy atom. The molecule has 146 valence electrons. The summed E-state index contributed by atoms with van der Waals surface area (Å²) in [4.78, 5) is 12.3. The van der Waals surface area contributed by atoms with E-state index in [1.807, 2.05) is 60.7 Å². The second kappa shape index (κ2) is 8.01. The summed E-state index contributed by atoms with van der Waals surface area (Å²) in [6, 6.07) is 18.6. The smallest absolute Gasteiger partial charge is 0.330 e. The van der Waals surface area contributed by atoms with Crippen molar-refractivity contribution >= 4 is 28.6 Å². The number of esters is 1. The fraction of sp³-hybridized carbons (Fsp3) is 0.182. The zero-order valence-electron chi connectivity index (χ0n) is 16.0. The monoisotopic (exact) mass is 406 g/mol. The maximum Gasteiger partial charge on any atom is 0.330 e. The molecule has 2 heterocycles. The number of aromatic nitrogens is 4. The second-order valence-corrected chi connectivity index (χ2v) is 6.89. The molecule has 0 radical (unpaired) electrons. The lowest BCUT2D eigenvalue weighted by Crippen LogP contribution is -2.20. The van der Waals surface area contributed by atoms with Crippen LogP contribution in [0.2, 0.25) is 5.02 Å². The lowest BCUT2D eigenvalue weighted by atomic mass is 10.1. The van der Waals surface area contributed by atoms with E-state index in [9.17, 15) is 4.79 Å². The Bertz CT molecular complexity index is 1160. The third-order valence-electron chi connectivity index (χ3n) is 4.65. The molecule has 6 nitrogen and oxygen atoms in total. The average molecular weight is 407 g/mol. The molecule has 0 aliphatic heterocycles. The topological polar surface area (TPSA) is 69.9 Å². The van der Waals surface area contributed by atoms with E-state index in [1.54, 1.807) is 13.8 Å². The summed E-state index contributed by atoms with van der Waals surface area (Å²) in [5.74, 6) is -0.387. The Morgan fingerprint density at radius 2 is 1.59 bits per heavy atom. The standard InChI is InChI=1S/C22H19ClN4O2/c1-3-29-22(28)14(2)27-21-17(19(26-27)15-10-6-4-7-11-15)18(23)20(24-25-21)16-12-8-5-9-13-16/h4-14H,3H2,1-2H3. The number of nitrogens with zero attached hydrogens (tertiary/aromatic N) is 4. The van der Waals surface area contributed by atoms with Crippen molar-refractivity contribution in [1.29, 1.82) is 0 Å². The summed E-state index contributed by atoms with van der Waals surface area (Å²) >= 11 is 6.82. The van der Waals surface area contributed by atoms with Crippen molar-refractivity contribution in [1.82, 2.24) is 20.0 Å². The van der Waals surface area contributed by atoms with Crippen LogP contribution in [-0.4, -0.2) is 32.6 Å². The molecule has 1 atom stereocenters. The maximum atomic E-state index is 12.3. The predicted octanol–water partition coefficient (Wildman–Crippen LogP) is 4.94. The Labute approximate surface area is 173 Å². The lowest BCUT2D eigenvalue weighted by molar-refractivity contribution is -0.146. The number of carbonyl (C=O) groups excluding carboxylic acids is 1. The van der Waals surface area contributed by atoms with Crippen molar-refractivity contribution < 1.29 is 9.53 Å². The fourth-order valence-corrected chi connectivity index (χ4v) is 3.52. The van der Waals surface area contributed by atoms with E-state index in [0.717, 1.165) is 11.1 Å².